The first-order valence-electron chi connectivity index (χ1n) is 9.32. The van der Waals surface area contributed by atoms with E-state index in [1.807, 2.05) is 0 Å². The molecule has 0 saturated heterocycles. The van der Waals surface area contributed by atoms with Crippen LogP contribution in [0.1, 0.15) is 20.7 Å². The summed E-state index contributed by atoms with van der Waals surface area (Å²) in [5.41, 5.74) is 2.57. The second-order valence-electron chi connectivity index (χ2n) is 6.72. The Bertz CT molecular complexity index is 1160. The number of carbonyl (C=O) groups is 3. The van der Waals surface area contributed by atoms with Crippen LogP contribution < -0.4 is 15.0 Å². The molecule has 9 heteroatoms. The van der Waals surface area contributed by atoms with Crippen molar-refractivity contribution in [1.82, 2.24) is 4.98 Å². The highest BCUT2D eigenvalue weighted by atomic mass is 16.5. The van der Waals surface area contributed by atoms with Gasteiger partial charge in [-0.1, -0.05) is 12.1 Å². The number of carbonyl (C=O) groups excluding carboxylic acids is 1. The quantitative estimate of drug-likeness (QED) is 0.589. The Labute approximate surface area is 176 Å². The van der Waals surface area contributed by atoms with Crippen molar-refractivity contribution in [2.75, 3.05) is 23.4 Å². The fourth-order valence-corrected chi connectivity index (χ4v) is 3.14. The van der Waals surface area contributed by atoms with Gasteiger partial charge in [0.15, 0.2) is 0 Å². The number of aromatic nitrogens is 1. The molecular formula is C22H17N3O6. The predicted molar refractivity (Wildman–Crippen MR) is 112 cm³/mol. The monoisotopic (exact) mass is 419 g/mol. The Balaban J connectivity index is 1.54. The van der Waals surface area contributed by atoms with Crippen molar-refractivity contribution in [3.8, 4) is 17.1 Å². The van der Waals surface area contributed by atoms with E-state index in [0.717, 1.165) is 5.56 Å². The summed E-state index contributed by atoms with van der Waals surface area (Å²) in [6.45, 7) is 0.577. The molecule has 31 heavy (non-hydrogen) atoms. The van der Waals surface area contributed by atoms with Crippen molar-refractivity contribution in [3.05, 3.63) is 71.8 Å². The van der Waals surface area contributed by atoms with E-state index in [-0.39, 0.29) is 17.7 Å². The smallest absolute Gasteiger partial charge is 0.335 e. The van der Waals surface area contributed by atoms with E-state index in [1.165, 1.54) is 41.3 Å². The second kappa shape index (κ2) is 8.15. The molecule has 0 radical (unpaired) electrons. The van der Waals surface area contributed by atoms with Crippen molar-refractivity contribution in [3.63, 3.8) is 0 Å². The molecule has 4 rings (SSSR count). The first-order valence-corrected chi connectivity index (χ1v) is 9.32. The number of urea groups is 1. The Morgan fingerprint density at radius 1 is 0.871 bits per heavy atom. The van der Waals surface area contributed by atoms with E-state index in [4.69, 9.17) is 14.9 Å². The van der Waals surface area contributed by atoms with Gasteiger partial charge in [-0.2, -0.15) is 0 Å². The van der Waals surface area contributed by atoms with Crippen molar-refractivity contribution in [1.29, 1.82) is 0 Å². The molecule has 3 N–H and O–H groups in total. The van der Waals surface area contributed by atoms with E-state index < -0.39 is 18.0 Å². The van der Waals surface area contributed by atoms with Crippen LogP contribution in [0.15, 0.2) is 60.7 Å². The van der Waals surface area contributed by atoms with Gasteiger partial charge in [0.25, 0.3) is 0 Å². The molecule has 156 valence electrons. The first kappa shape index (κ1) is 19.9. The van der Waals surface area contributed by atoms with Gasteiger partial charge in [-0.05, 0) is 48.5 Å². The van der Waals surface area contributed by atoms with E-state index in [2.05, 4.69) is 10.3 Å². The molecule has 3 aromatic rings. The molecule has 1 aromatic heterocycles. The van der Waals surface area contributed by atoms with Crippen LogP contribution >= 0.6 is 0 Å². The summed E-state index contributed by atoms with van der Waals surface area (Å²) >= 11 is 0. The standard InChI is InChI=1S/C22H17N3O6/c26-20(27)14-3-1-13(2-4-14)17-9-10-18-19(24-17)31-12-11-25(18)22(30)23-16-7-5-15(6-8-16)21(28)29/h1-10H,11-12H2,(H,23,30)(H,26,27)(H,28,29). The second-order valence-corrected chi connectivity index (χ2v) is 6.72. The lowest BCUT2D eigenvalue weighted by molar-refractivity contribution is 0.0686. The zero-order chi connectivity index (χ0) is 22.0. The molecule has 2 heterocycles. The van der Waals surface area contributed by atoms with Crippen LogP contribution in [0.2, 0.25) is 0 Å². The fourth-order valence-electron chi connectivity index (χ4n) is 3.14. The van der Waals surface area contributed by atoms with E-state index in [0.29, 0.717) is 29.5 Å². The van der Waals surface area contributed by atoms with Crippen LogP contribution in [-0.2, 0) is 0 Å². The Morgan fingerprint density at radius 3 is 2.10 bits per heavy atom. The summed E-state index contributed by atoms with van der Waals surface area (Å²) in [5, 5.41) is 20.7. The number of carboxylic acid groups (broad SMARTS) is 2. The van der Waals surface area contributed by atoms with Gasteiger partial charge >= 0.3 is 18.0 Å². The highest BCUT2D eigenvalue weighted by Gasteiger charge is 2.25. The van der Waals surface area contributed by atoms with E-state index in [1.54, 1.807) is 24.3 Å². The maximum absolute atomic E-state index is 12.8. The largest absolute Gasteiger partial charge is 0.478 e. The molecule has 0 unspecified atom stereocenters. The van der Waals surface area contributed by atoms with Crippen molar-refractivity contribution in [2.24, 2.45) is 0 Å². The molecule has 0 bridgehead atoms. The Morgan fingerprint density at radius 2 is 1.48 bits per heavy atom. The minimum absolute atomic E-state index is 0.128. The number of anilines is 2. The van der Waals surface area contributed by atoms with Crippen LogP contribution in [0.3, 0.4) is 0 Å². The van der Waals surface area contributed by atoms with Crippen LogP contribution in [0, 0.1) is 0 Å². The van der Waals surface area contributed by atoms with Crippen LogP contribution in [0.4, 0.5) is 16.2 Å². The summed E-state index contributed by atoms with van der Waals surface area (Å²) in [6, 6.07) is 15.2. The third kappa shape index (κ3) is 4.15. The summed E-state index contributed by atoms with van der Waals surface area (Å²) < 4.78 is 5.63. The third-order valence-electron chi connectivity index (χ3n) is 4.74. The number of nitrogens with zero attached hydrogens (tertiary/aromatic N) is 2. The molecule has 0 spiro atoms. The number of ether oxygens (including phenoxy) is 1. The minimum atomic E-state index is -1.04. The predicted octanol–water partition coefficient (Wildman–Crippen LogP) is 3.58. The Hall–Kier alpha value is -4.40. The maximum atomic E-state index is 12.8. The highest BCUT2D eigenvalue weighted by molar-refractivity contribution is 6.03. The number of hydrogen-bond donors (Lipinski definition) is 3. The average Bonchev–Trinajstić information content (AvgIpc) is 2.78. The van der Waals surface area contributed by atoms with Gasteiger partial charge in [0.2, 0.25) is 5.88 Å². The van der Waals surface area contributed by atoms with Crippen LogP contribution in [-0.4, -0.2) is 46.3 Å². The Kier molecular flexibility index (Phi) is 5.23. The average molecular weight is 419 g/mol. The van der Waals surface area contributed by atoms with E-state index >= 15 is 0 Å². The molecule has 0 atom stereocenters. The van der Waals surface area contributed by atoms with Gasteiger partial charge in [-0.15, -0.1) is 0 Å². The number of benzene rings is 2. The van der Waals surface area contributed by atoms with Gasteiger partial charge in [-0.3, -0.25) is 4.90 Å². The molecule has 9 nitrogen and oxygen atoms in total. The zero-order valence-corrected chi connectivity index (χ0v) is 16.1. The molecule has 0 saturated carbocycles. The number of amides is 2. The summed E-state index contributed by atoms with van der Waals surface area (Å²) in [4.78, 5) is 40.7. The van der Waals surface area contributed by atoms with Crippen molar-refractivity contribution >= 4 is 29.3 Å². The molecule has 1 aliphatic heterocycles. The van der Waals surface area contributed by atoms with Gasteiger partial charge in [0.05, 0.1) is 23.4 Å². The molecular weight excluding hydrogens is 402 g/mol. The lowest BCUT2D eigenvalue weighted by Gasteiger charge is -2.29. The van der Waals surface area contributed by atoms with Crippen LogP contribution in [0.5, 0.6) is 5.88 Å². The summed E-state index contributed by atoms with van der Waals surface area (Å²) in [7, 11) is 0. The summed E-state index contributed by atoms with van der Waals surface area (Å²) in [6.07, 6.45) is 0. The number of aromatic carboxylic acids is 2. The number of pyridine rings is 1. The first-order chi connectivity index (χ1) is 14.9. The number of hydrogen-bond acceptors (Lipinski definition) is 5. The number of rotatable bonds is 4. The third-order valence-corrected chi connectivity index (χ3v) is 4.74. The maximum Gasteiger partial charge on any atom is 0.335 e. The normalized spacial score (nSPS) is 12.5. The number of nitrogens with one attached hydrogen (secondary N) is 1. The number of fused-ring (bicyclic) bond motifs is 1. The van der Waals surface area contributed by atoms with Crippen molar-refractivity contribution < 1.29 is 29.3 Å². The van der Waals surface area contributed by atoms with Gasteiger partial charge in [0.1, 0.15) is 12.3 Å². The molecule has 2 amide bonds. The van der Waals surface area contributed by atoms with E-state index in [9.17, 15) is 14.4 Å². The lowest BCUT2D eigenvalue weighted by Crippen LogP contribution is -2.41. The minimum Gasteiger partial charge on any atom is -0.478 e. The van der Waals surface area contributed by atoms with Crippen molar-refractivity contribution in [2.45, 2.75) is 0 Å². The molecule has 0 fully saturated rings. The fraction of sp³-hybridized carbons (Fsp3) is 0.0909. The SMILES string of the molecule is O=C(O)c1ccc(NC(=O)N2CCOc3nc(-c4ccc(C(=O)O)cc4)ccc32)cc1. The number of carboxylic acids is 2. The van der Waals surface area contributed by atoms with Crippen LogP contribution in [0.25, 0.3) is 11.3 Å². The highest BCUT2D eigenvalue weighted by Crippen LogP contribution is 2.33. The molecule has 1 aliphatic rings. The lowest BCUT2D eigenvalue weighted by atomic mass is 10.1. The molecule has 2 aromatic carbocycles. The van der Waals surface area contributed by atoms with Gasteiger partial charge < -0.3 is 20.3 Å². The molecule has 0 aliphatic carbocycles. The summed E-state index contributed by atoms with van der Waals surface area (Å²) in [5.74, 6) is -1.76. The van der Waals surface area contributed by atoms with Gasteiger partial charge in [-0.25, -0.2) is 19.4 Å². The van der Waals surface area contributed by atoms with Gasteiger partial charge in [0, 0.05) is 11.3 Å². The topological polar surface area (TPSA) is 129 Å². The zero-order valence-electron chi connectivity index (χ0n) is 16.1.